The molecular formula is C13H16F2N2O2. The SMILES string of the molecule is CC(CO)(NC(=O)Nc1cc(F)cc(F)c1)C1CC1. The average molecular weight is 270 g/mol. The highest BCUT2D eigenvalue weighted by Gasteiger charge is 2.42. The Balaban J connectivity index is 2.00. The van der Waals surface area contributed by atoms with Gasteiger partial charge in [0.25, 0.3) is 0 Å². The quantitative estimate of drug-likeness (QED) is 0.785. The molecule has 4 nitrogen and oxygen atoms in total. The van der Waals surface area contributed by atoms with E-state index < -0.39 is 23.2 Å². The second kappa shape index (κ2) is 5.13. The van der Waals surface area contributed by atoms with Crippen LogP contribution in [0.2, 0.25) is 0 Å². The molecule has 0 spiro atoms. The van der Waals surface area contributed by atoms with E-state index in [1.54, 1.807) is 6.92 Å². The van der Waals surface area contributed by atoms with Crippen molar-refractivity contribution in [3.05, 3.63) is 29.8 Å². The number of rotatable bonds is 4. The van der Waals surface area contributed by atoms with E-state index in [2.05, 4.69) is 10.6 Å². The number of carbonyl (C=O) groups excluding carboxylic acids is 1. The molecule has 19 heavy (non-hydrogen) atoms. The topological polar surface area (TPSA) is 61.4 Å². The largest absolute Gasteiger partial charge is 0.394 e. The Bertz CT molecular complexity index is 471. The lowest BCUT2D eigenvalue weighted by molar-refractivity contribution is 0.159. The third-order valence-corrected chi connectivity index (χ3v) is 3.33. The molecule has 2 amide bonds. The number of anilines is 1. The molecule has 3 N–H and O–H groups in total. The van der Waals surface area contributed by atoms with Gasteiger partial charge in [0.05, 0.1) is 12.1 Å². The van der Waals surface area contributed by atoms with Gasteiger partial charge in [-0.05, 0) is 37.8 Å². The van der Waals surface area contributed by atoms with Gasteiger partial charge in [0.2, 0.25) is 0 Å². The van der Waals surface area contributed by atoms with E-state index >= 15 is 0 Å². The van der Waals surface area contributed by atoms with Gasteiger partial charge in [0, 0.05) is 11.8 Å². The fourth-order valence-corrected chi connectivity index (χ4v) is 2.04. The Morgan fingerprint density at radius 3 is 2.42 bits per heavy atom. The first-order valence-electron chi connectivity index (χ1n) is 6.09. The van der Waals surface area contributed by atoms with Gasteiger partial charge < -0.3 is 15.7 Å². The number of nitrogens with one attached hydrogen (secondary N) is 2. The molecule has 6 heteroatoms. The summed E-state index contributed by atoms with van der Waals surface area (Å²) in [6.45, 7) is 1.57. The van der Waals surface area contributed by atoms with Crippen molar-refractivity contribution in [2.24, 2.45) is 5.92 Å². The first kappa shape index (κ1) is 13.7. The summed E-state index contributed by atoms with van der Waals surface area (Å²) in [6, 6.07) is 2.19. The Labute approximate surface area is 109 Å². The number of hydrogen-bond acceptors (Lipinski definition) is 2. The predicted octanol–water partition coefficient (Wildman–Crippen LogP) is 2.25. The van der Waals surface area contributed by atoms with Gasteiger partial charge >= 0.3 is 6.03 Å². The molecule has 1 atom stereocenters. The van der Waals surface area contributed by atoms with Crippen LogP contribution in [0.15, 0.2) is 18.2 Å². The van der Waals surface area contributed by atoms with Crippen molar-refractivity contribution in [2.75, 3.05) is 11.9 Å². The number of urea groups is 1. The minimum absolute atomic E-state index is 0.0334. The lowest BCUT2D eigenvalue weighted by atomic mass is 9.97. The summed E-state index contributed by atoms with van der Waals surface area (Å²) in [4.78, 5) is 11.8. The number of amides is 2. The molecule has 1 aliphatic carbocycles. The molecule has 0 heterocycles. The van der Waals surface area contributed by atoms with Crippen LogP contribution >= 0.6 is 0 Å². The van der Waals surface area contributed by atoms with Crippen LogP contribution in [0.1, 0.15) is 19.8 Å². The van der Waals surface area contributed by atoms with Gasteiger partial charge in [-0.1, -0.05) is 0 Å². The van der Waals surface area contributed by atoms with Crippen LogP contribution in [0, 0.1) is 17.6 Å². The molecule has 104 valence electrons. The van der Waals surface area contributed by atoms with Crippen LogP contribution < -0.4 is 10.6 Å². The zero-order valence-electron chi connectivity index (χ0n) is 10.5. The highest BCUT2D eigenvalue weighted by molar-refractivity contribution is 5.89. The van der Waals surface area contributed by atoms with Gasteiger partial charge in [-0.15, -0.1) is 0 Å². The first-order valence-corrected chi connectivity index (χ1v) is 6.09. The summed E-state index contributed by atoms with van der Waals surface area (Å²) >= 11 is 0. The molecular weight excluding hydrogens is 254 g/mol. The maximum Gasteiger partial charge on any atom is 0.319 e. The second-order valence-corrected chi connectivity index (χ2v) is 5.09. The van der Waals surface area contributed by atoms with Crippen LogP contribution in [-0.4, -0.2) is 23.3 Å². The molecule has 1 aromatic rings. The monoisotopic (exact) mass is 270 g/mol. The molecule has 1 aromatic carbocycles. The van der Waals surface area contributed by atoms with E-state index in [4.69, 9.17) is 0 Å². The molecule has 0 saturated heterocycles. The molecule has 1 fully saturated rings. The van der Waals surface area contributed by atoms with Crippen molar-refractivity contribution >= 4 is 11.7 Å². The van der Waals surface area contributed by atoms with E-state index in [9.17, 15) is 18.7 Å². The van der Waals surface area contributed by atoms with E-state index in [0.29, 0.717) is 0 Å². The van der Waals surface area contributed by atoms with Crippen LogP contribution in [0.25, 0.3) is 0 Å². The maximum atomic E-state index is 13.0. The van der Waals surface area contributed by atoms with Crippen molar-refractivity contribution in [1.82, 2.24) is 5.32 Å². The molecule has 0 aliphatic heterocycles. The maximum absolute atomic E-state index is 13.0. The van der Waals surface area contributed by atoms with E-state index in [-0.39, 0.29) is 18.2 Å². The Morgan fingerprint density at radius 1 is 1.37 bits per heavy atom. The summed E-state index contributed by atoms with van der Waals surface area (Å²) in [5.41, 5.74) is -0.665. The number of aliphatic hydroxyl groups excluding tert-OH is 1. The first-order chi connectivity index (χ1) is 8.93. The zero-order chi connectivity index (χ0) is 14.0. The third-order valence-electron chi connectivity index (χ3n) is 3.33. The summed E-state index contributed by atoms with van der Waals surface area (Å²) in [5.74, 6) is -1.28. The van der Waals surface area contributed by atoms with Crippen molar-refractivity contribution < 1.29 is 18.7 Å². The van der Waals surface area contributed by atoms with Crippen LogP contribution in [0.3, 0.4) is 0 Å². The van der Waals surface area contributed by atoms with Gasteiger partial charge in [0.1, 0.15) is 11.6 Å². The third kappa shape index (κ3) is 3.41. The fourth-order valence-electron chi connectivity index (χ4n) is 2.04. The minimum Gasteiger partial charge on any atom is -0.394 e. The van der Waals surface area contributed by atoms with Crippen molar-refractivity contribution in [1.29, 1.82) is 0 Å². The average Bonchev–Trinajstić information content (AvgIpc) is 3.10. The van der Waals surface area contributed by atoms with Crippen LogP contribution in [-0.2, 0) is 0 Å². The highest BCUT2D eigenvalue weighted by atomic mass is 19.1. The highest BCUT2D eigenvalue weighted by Crippen LogP contribution is 2.39. The summed E-state index contributed by atoms with van der Waals surface area (Å²) in [5, 5.41) is 14.3. The van der Waals surface area contributed by atoms with Gasteiger partial charge in [0.15, 0.2) is 0 Å². The number of hydrogen-bond donors (Lipinski definition) is 3. The molecule has 1 aliphatic rings. The normalized spacial score (nSPS) is 17.7. The Hall–Kier alpha value is -1.69. The number of carbonyl (C=O) groups is 1. The Morgan fingerprint density at radius 2 is 1.95 bits per heavy atom. The minimum atomic E-state index is -0.762. The number of benzene rings is 1. The zero-order valence-corrected chi connectivity index (χ0v) is 10.5. The van der Waals surface area contributed by atoms with E-state index in [1.165, 1.54) is 0 Å². The molecule has 2 rings (SSSR count). The summed E-state index contributed by atoms with van der Waals surface area (Å²) in [7, 11) is 0. The van der Waals surface area contributed by atoms with Gasteiger partial charge in [-0.2, -0.15) is 0 Å². The summed E-state index contributed by atoms with van der Waals surface area (Å²) in [6.07, 6.45) is 1.90. The second-order valence-electron chi connectivity index (χ2n) is 5.09. The van der Waals surface area contributed by atoms with Crippen molar-refractivity contribution in [3.8, 4) is 0 Å². The molecule has 0 bridgehead atoms. The lowest BCUT2D eigenvalue weighted by Crippen LogP contribution is -2.52. The van der Waals surface area contributed by atoms with Crippen LogP contribution in [0.5, 0.6) is 0 Å². The van der Waals surface area contributed by atoms with Gasteiger partial charge in [-0.25, -0.2) is 13.6 Å². The molecule has 1 saturated carbocycles. The number of aliphatic hydroxyl groups is 1. The lowest BCUT2D eigenvalue weighted by Gasteiger charge is -2.28. The fraction of sp³-hybridized carbons (Fsp3) is 0.462. The Kier molecular flexibility index (Phi) is 3.71. The van der Waals surface area contributed by atoms with Crippen molar-refractivity contribution in [2.45, 2.75) is 25.3 Å². The van der Waals surface area contributed by atoms with E-state index in [0.717, 1.165) is 31.0 Å². The van der Waals surface area contributed by atoms with Gasteiger partial charge in [-0.3, -0.25) is 0 Å². The van der Waals surface area contributed by atoms with Crippen LogP contribution in [0.4, 0.5) is 19.3 Å². The summed E-state index contributed by atoms with van der Waals surface area (Å²) < 4.78 is 25.9. The molecule has 0 aromatic heterocycles. The van der Waals surface area contributed by atoms with Crippen molar-refractivity contribution in [3.63, 3.8) is 0 Å². The number of halogens is 2. The predicted molar refractivity (Wildman–Crippen MR) is 66.7 cm³/mol. The molecule has 1 unspecified atom stereocenters. The standard InChI is InChI=1S/C13H16F2N2O2/c1-13(7-18,8-2-3-8)17-12(19)16-11-5-9(14)4-10(15)6-11/h4-6,8,18H,2-3,7H2,1H3,(H2,16,17,19). The van der Waals surface area contributed by atoms with E-state index in [1.807, 2.05) is 0 Å². The smallest absolute Gasteiger partial charge is 0.319 e. The molecule has 0 radical (unpaired) electrons.